The van der Waals surface area contributed by atoms with Crippen LogP contribution < -0.4 is 34.3 Å². The van der Waals surface area contributed by atoms with E-state index in [0.717, 1.165) is 0 Å². The number of carbonyl (C=O) groups excluding carboxylic acids is 4. The summed E-state index contributed by atoms with van der Waals surface area (Å²) in [4.78, 5) is 56.9. The van der Waals surface area contributed by atoms with E-state index in [1.807, 2.05) is 13.8 Å². The van der Waals surface area contributed by atoms with Crippen LogP contribution in [0.3, 0.4) is 0 Å². The molecule has 254 valence electrons. The molecule has 1 aromatic heterocycles. The number of hydrogen-bond acceptors (Lipinski definition) is 10. The Kier molecular flexibility index (Phi) is 8.05. The first kappa shape index (κ1) is 31.9. The summed E-state index contributed by atoms with van der Waals surface area (Å²) in [5, 5.41) is 6.20. The number of Topliss-reactive ketones (excluding diaryl/α,β-unsaturated/α-hetero) is 1. The van der Waals surface area contributed by atoms with Crippen molar-refractivity contribution in [3.63, 3.8) is 0 Å². The average molecular weight is 670 g/mol. The molecule has 0 bridgehead atoms. The largest absolute Gasteiger partial charge is 0.493 e. The molecule has 2 aliphatic heterocycles. The van der Waals surface area contributed by atoms with E-state index in [1.165, 1.54) is 27.5 Å². The number of fused-ring (bicyclic) bond motifs is 4. The number of ether oxygens (including phenoxy) is 6. The molecule has 3 N–H and O–H groups in total. The Hall–Kier alpha value is -5.72. The van der Waals surface area contributed by atoms with Crippen molar-refractivity contribution >= 4 is 34.5 Å². The minimum absolute atomic E-state index is 0.00916. The third-order valence-corrected chi connectivity index (χ3v) is 9.33. The lowest BCUT2D eigenvalue weighted by molar-refractivity contribution is -0.141. The van der Waals surface area contributed by atoms with Crippen molar-refractivity contribution in [3.8, 4) is 28.7 Å². The van der Waals surface area contributed by atoms with Gasteiger partial charge in [-0.05, 0) is 73.0 Å². The molecule has 4 atom stereocenters. The molecule has 0 radical (unpaired) electrons. The van der Waals surface area contributed by atoms with Gasteiger partial charge in [0.1, 0.15) is 0 Å². The van der Waals surface area contributed by atoms with Crippen molar-refractivity contribution in [1.82, 2.24) is 15.6 Å². The first-order valence-corrected chi connectivity index (χ1v) is 15.8. The average Bonchev–Trinajstić information content (AvgIpc) is 3.84. The maximum Gasteiger partial charge on any atom is 0.310 e. The molecule has 1 fully saturated rings. The summed E-state index contributed by atoms with van der Waals surface area (Å²) >= 11 is 0. The number of hydrogen-bond donors (Lipinski definition) is 3. The Bertz CT molecular complexity index is 1990. The van der Waals surface area contributed by atoms with Gasteiger partial charge in [0.2, 0.25) is 12.5 Å². The van der Waals surface area contributed by atoms with E-state index in [0.29, 0.717) is 61.9 Å². The van der Waals surface area contributed by atoms with Gasteiger partial charge in [-0.25, -0.2) is 0 Å². The van der Waals surface area contributed by atoms with Crippen LogP contribution in [-0.4, -0.2) is 69.3 Å². The van der Waals surface area contributed by atoms with Gasteiger partial charge in [0.15, 0.2) is 23.0 Å². The number of methoxy groups -OCH3 is 3. The first-order chi connectivity index (χ1) is 23.6. The Morgan fingerprint density at radius 1 is 0.898 bits per heavy atom. The molecule has 0 saturated carbocycles. The van der Waals surface area contributed by atoms with Crippen LogP contribution in [0.5, 0.6) is 28.7 Å². The molecule has 0 spiro atoms. The minimum Gasteiger partial charge on any atom is -0.493 e. The zero-order valence-electron chi connectivity index (χ0n) is 27.5. The molecule has 13 nitrogen and oxygen atoms in total. The van der Waals surface area contributed by atoms with Crippen molar-refractivity contribution in [3.05, 3.63) is 76.5 Å². The van der Waals surface area contributed by atoms with Crippen LogP contribution >= 0.6 is 0 Å². The molecule has 1 aliphatic carbocycles. The molecule has 49 heavy (non-hydrogen) atoms. The molecular weight excluding hydrogens is 634 g/mol. The molecule has 0 unspecified atom stereocenters. The maximum absolute atomic E-state index is 13.8. The number of rotatable bonds is 9. The fourth-order valence-corrected chi connectivity index (χ4v) is 7.15. The number of cyclic esters (lactones) is 1. The van der Waals surface area contributed by atoms with Crippen molar-refractivity contribution in [2.24, 2.45) is 11.8 Å². The highest BCUT2D eigenvalue weighted by Crippen LogP contribution is 2.55. The van der Waals surface area contributed by atoms with Gasteiger partial charge in [0.25, 0.3) is 17.6 Å². The van der Waals surface area contributed by atoms with Crippen molar-refractivity contribution in [2.75, 3.05) is 34.7 Å². The number of amides is 2. The van der Waals surface area contributed by atoms with E-state index in [9.17, 15) is 19.2 Å². The standard InChI is InChI=1S/C36H35N3O10/c1-16(2)38-34(41)17-6-7-24-19(8-17)22(13-37-24)32(40)35(42)39-31-21-12-26-25(48-15-49-26)11-20(21)29(30-23(31)14-47-36(30)43)18-9-27(44-3)33(46-5)28(10-18)45-4/h6-13,16,23,29-31,37H,14-15H2,1-5H3,(H,38,41)(H,39,42)/t23-,29+,30-,31+/m0/s1. The van der Waals surface area contributed by atoms with Gasteiger partial charge >= 0.3 is 5.97 Å². The van der Waals surface area contributed by atoms with Crippen molar-refractivity contribution < 1.29 is 47.6 Å². The number of carbonyl (C=O) groups is 4. The number of nitrogens with one attached hydrogen (secondary N) is 3. The van der Waals surface area contributed by atoms with Gasteiger partial charge in [-0.15, -0.1) is 0 Å². The van der Waals surface area contributed by atoms with Crippen LogP contribution in [0.4, 0.5) is 0 Å². The molecule has 3 heterocycles. The Morgan fingerprint density at radius 2 is 1.59 bits per heavy atom. The number of aromatic amines is 1. The summed E-state index contributed by atoms with van der Waals surface area (Å²) < 4.78 is 33.9. The van der Waals surface area contributed by atoms with Crippen LogP contribution in [-0.2, 0) is 14.3 Å². The second kappa shape index (κ2) is 12.4. The summed E-state index contributed by atoms with van der Waals surface area (Å²) in [6.07, 6.45) is 1.45. The smallest absolute Gasteiger partial charge is 0.310 e. The number of benzene rings is 3. The molecule has 3 aromatic carbocycles. The van der Waals surface area contributed by atoms with E-state index in [1.54, 1.807) is 42.5 Å². The Morgan fingerprint density at radius 3 is 2.24 bits per heavy atom. The number of H-pyrrole nitrogens is 1. The zero-order valence-corrected chi connectivity index (χ0v) is 27.5. The topological polar surface area (TPSA) is 164 Å². The first-order valence-electron chi connectivity index (χ1n) is 15.8. The summed E-state index contributed by atoms with van der Waals surface area (Å²) in [6, 6.07) is 11.2. The van der Waals surface area contributed by atoms with Crippen molar-refractivity contribution in [2.45, 2.75) is 31.8 Å². The molecule has 7 rings (SSSR count). The lowest BCUT2D eigenvalue weighted by atomic mass is 9.65. The number of ketones is 1. The van der Waals surface area contributed by atoms with Crippen LogP contribution in [0.25, 0.3) is 10.9 Å². The molecule has 4 aromatic rings. The van der Waals surface area contributed by atoms with Crippen LogP contribution in [0.2, 0.25) is 0 Å². The highest BCUT2D eigenvalue weighted by molar-refractivity contribution is 6.45. The van der Waals surface area contributed by atoms with E-state index in [2.05, 4.69) is 15.6 Å². The highest BCUT2D eigenvalue weighted by atomic mass is 16.7. The highest BCUT2D eigenvalue weighted by Gasteiger charge is 2.53. The molecule has 1 saturated heterocycles. The summed E-state index contributed by atoms with van der Waals surface area (Å²) in [5.41, 5.74) is 3.09. The quantitative estimate of drug-likeness (QED) is 0.135. The Balaban J connectivity index is 1.29. The SMILES string of the molecule is COc1cc([C@@H]2c3cc4c(cc3[C@@H](NC(=O)C(=O)c3c[nH]c5ccc(C(=O)NC(C)C)cc35)[C@H]3COC(=O)[C@H]23)OCO4)cc(OC)c1OC. The molecule has 3 aliphatic rings. The second-order valence-electron chi connectivity index (χ2n) is 12.5. The fourth-order valence-electron chi connectivity index (χ4n) is 7.15. The van der Waals surface area contributed by atoms with Gasteiger partial charge in [0, 0.05) is 40.5 Å². The lowest BCUT2D eigenvalue weighted by Gasteiger charge is -2.39. The molecule has 13 heteroatoms. The predicted molar refractivity (Wildman–Crippen MR) is 175 cm³/mol. The van der Waals surface area contributed by atoms with E-state index < -0.39 is 41.5 Å². The monoisotopic (exact) mass is 669 g/mol. The lowest BCUT2D eigenvalue weighted by Crippen LogP contribution is -2.44. The summed E-state index contributed by atoms with van der Waals surface area (Å²) in [6.45, 7) is 3.72. The van der Waals surface area contributed by atoms with Gasteiger partial charge < -0.3 is 44.0 Å². The van der Waals surface area contributed by atoms with Crippen molar-refractivity contribution in [1.29, 1.82) is 0 Å². The third kappa shape index (κ3) is 5.35. The van der Waals surface area contributed by atoms with Gasteiger partial charge in [-0.2, -0.15) is 0 Å². The van der Waals surface area contributed by atoms with Gasteiger partial charge in [-0.3, -0.25) is 19.2 Å². The van der Waals surface area contributed by atoms with Gasteiger partial charge in [-0.1, -0.05) is 0 Å². The minimum atomic E-state index is -0.879. The van der Waals surface area contributed by atoms with Crippen LogP contribution in [0.15, 0.2) is 48.7 Å². The third-order valence-electron chi connectivity index (χ3n) is 9.33. The van der Waals surface area contributed by atoms with E-state index in [4.69, 9.17) is 28.4 Å². The van der Waals surface area contributed by atoms with E-state index >= 15 is 0 Å². The molecule has 2 amide bonds. The molecular formula is C36H35N3O10. The van der Waals surface area contributed by atoms with Gasteiger partial charge in [0.05, 0.1) is 45.5 Å². The number of aromatic nitrogens is 1. The summed E-state index contributed by atoms with van der Waals surface area (Å²) in [7, 11) is 4.53. The van der Waals surface area contributed by atoms with Crippen LogP contribution in [0.1, 0.15) is 63.2 Å². The normalized spacial score (nSPS) is 20.3. The second-order valence-corrected chi connectivity index (χ2v) is 12.5. The van der Waals surface area contributed by atoms with Crippen LogP contribution in [0, 0.1) is 11.8 Å². The summed E-state index contributed by atoms with van der Waals surface area (Å²) in [5.74, 6) is -2.10. The van der Waals surface area contributed by atoms with E-state index in [-0.39, 0.29) is 30.9 Å². The zero-order chi connectivity index (χ0) is 34.6. The number of esters is 1. The Labute approximate surface area is 281 Å². The predicted octanol–water partition coefficient (Wildman–Crippen LogP) is 4.04. The maximum atomic E-state index is 13.8. The fraction of sp³-hybridized carbons (Fsp3) is 0.333.